The second-order valence-electron chi connectivity index (χ2n) is 8.43. The van der Waals surface area contributed by atoms with Gasteiger partial charge in [0.25, 0.3) is 0 Å². The summed E-state index contributed by atoms with van der Waals surface area (Å²) in [6.07, 6.45) is 0. The van der Waals surface area contributed by atoms with Crippen LogP contribution in [0.25, 0.3) is 0 Å². The van der Waals surface area contributed by atoms with E-state index in [1.54, 1.807) is 0 Å². The van der Waals surface area contributed by atoms with Crippen molar-refractivity contribution in [3.05, 3.63) is 35.9 Å². The fourth-order valence-corrected chi connectivity index (χ4v) is 3.52. The number of amidine groups is 1. The van der Waals surface area contributed by atoms with E-state index in [9.17, 15) is 9.59 Å². The summed E-state index contributed by atoms with van der Waals surface area (Å²) >= 11 is 1.31. The van der Waals surface area contributed by atoms with Gasteiger partial charge in [-0.05, 0) is 17.3 Å². The van der Waals surface area contributed by atoms with Gasteiger partial charge in [0.05, 0.1) is 0 Å². The van der Waals surface area contributed by atoms with Crippen LogP contribution in [0.5, 0.6) is 0 Å². The number of amides is 2. The summed E-state index contributed by atoms with van der Waals surface area (Å²) < 4.78 is 0. The van der Waals surface area contributed by atoms with Crippen LogP contribution in [0.1, 0.15) is 47.1 Å². The van der Waals surface area contributed by atoms with Gasteiger partial charge in [-0.1, -0.05) is 71.9 Å². The summed E-state index contributed by atoms with van der Waals surface area (Å²) in [5.41, 5.74) is 5.82. The first-order valence-electron chi connectivity index (χ1n) is 8.61. The lowest BCUT2D eigenvalue weighted by Gasteiger charge is -2.37. The Morgan fingerprint density at radius 1 is 1.11 bits per heavy atom. The molecule has 1 aliphatic rings. The van der Waals surface area contributed by atoms with Crippen molar-refractivity contribution in [2.45, 2.75) is 46.4 Å². The normalized spacial score (nSPS) is 20.0. The van der Waals surface area contributed by atoms with Crippen LogP contribution in [0.15, 0.2) is 35.4 Å². The molecule has 1 aromatic rings. The summed E-state index contributed by atoms with van der Waals surface area (Å²) in [6.45, 7) is 11.2. The van der Waals surface area contributed by atoms with Gasteiger partial charge in [0.2, 0.25) is 11.8 Å². The van der Waals surface area contributed by atoms with E-state index in [4.69, 9.17) is 5.73 Å². The molecule has 1 atom stereocenters. The molecular formula is C19H29ClN4O2S. The van der Waals surface area contributed by atoms with Gasteiger partial charge in [0.1, 0.15) is 0 Å². The van der Waals surface area contributed by atoms with Crippen molar-refractivity contribution in [3.8, 4) is 0 Å². The zero-order valence-corrected chi connectivity index (χ0v) is 18.3. The molecule has 0 aliphatic carbocycles. The molecule has 0 radical (unpaired) electrons. The molecule has 6 nitrogen and oxygen atoms in total. The molecule has 150 valence electrons. The molecule has 1 aliphatic heterocycles. The molecule has 3 N–H and O–H groups in total. The van der Waals surface area contributed by atoms with Crippen LogP contribution in [0.3, 0.4) is 0 Å². The lowest BCUT2D eigenvalue weighted by molar-refractivity contribution is -0.143. The fourth-order valence-electron chi connectivity index (χ4n) is 2.38. The lowest BCUT2D eigenvalue weighted by Crippen LogP contribution is -2.50. The van der Waals surface area contributed by atoms with E-state index >= 15 is 0 Å². The average Bonchev–Trinajstić information content (AvgIpc) is 2.92. The first-order chi connectivity index (χ1) is 11.9. The maximum atomic E-state index is 13.1. The number of nitrogens with two attached hydrogens (primary N) is 1. The quantitative estimate of drug-likeness (QED) is 0.780. The van der Waals surface area contributed by atoms with Crippen LogP contribution in [0.2, 0.25) is 0 Å². The smallest absolute Gasteiger partial charge is 0.249 e. The Bertz CT molecular complexity index is 725. The monoisotopic (exact) mass is 412 g/mol. The fraction of sp³-hybridized carbons (Fsp3) is 0.526. The van der Waals surface area contributed by atoms with Gasteiger partial charge in [0, 0.05) is 17.4 Å². The maximum Gasteiger partial charge on any atom is 0.249 e. The van der Waals surface area contributed by atoms with Crippen LogP contribution < -0.4 is 11.1 Å². The Morgan fingerprint density at radius 3 is 2.11 bits per heavy atom. The van der Waals surface area contributed by atoms with Crippen molar-refractivity contribution < 1.29 is 9.59 Å². The largest absolute Gasteiger partial charge is 0.327 e. The van der Waals surface area contributed by atoms with Crippen molar-refractivity contribution in [1.82, 2.24) is 10.3 Å². The molecule has 2 rings (SSSR count). The van der Waals surface area contributed by atoms with E-state index in [0.717, 1.165) is 5.56 Å². The number of hydrogen-bond donors (Lipinski definition) is 2. The van der Waals surface area contributed by atoms with Crippen molar-refractivity contribution >= 4 is 41.2 Å². The number of nitrogens with zero attached hydrogens (tertiary/aromatic N) is 2. The minimum absolute atomic E-state index is 0. The third-order valence-electron chi connectivity index (χ3n) is 4.04. The maximum absolute atomic E-state index is 13.1. The Morgan fingerprint density at radius 2 is 1.67 bits per heavy atom. The Kier molecular flexibility index (Phi) is 7.13. The van der Waals surface area contributed by atoms with Crippen molar-refractivity contribution in [2.24, 2.45) is 21.7 Å². The minimum atomic E-state index is -0.883. The van der Waals surface area contributed by atoms with E-state index in [0.29, 0.717) is 5.17 Å². The molecular weight excluding hydrogens is 384 g/mol. The zero-order valence-electron chi connectivity index (χ0n) is 16.7. The Balaban J connectivity index is 0.00000364. The van der Waals surface area contributed by atoms with Gasteiger partial charge in [-0.3, -0.25) is 9.59 Å². The number of carbonyl (C=O) groups is 2. The van der Waals surface area contributed by atoms with Gasteiger partial charge in [-0.2, -0.15) is 0 Å². The van der Waals surface area contributed by atoms with Crippen LogP contribution in [-0.4, -0.2) is 28.5 Å². The van der Waals surface area contributed by atoms with Crippen LogP contribution >= 0.6 is 24.2 Å². The van der Waals surface area contributed by atoms with E-state index in [-0.39, 0.29) is 30.8 Å². The van der Waals surface area contributed by atoms with E-state index < -0.39 is 15.7 Å². The van der Waals surface area contributed by atoms with E-state index in [2.05, 4.69) is 10.4 Å². The summed E-state index contributed by atoms with van der Waals surface area (Å²) in [5.74, 6) is -0.313. The van der Waals surface area contributed by atoms with Crippen LogP contribution in [-0.2, 0) is 14.5 Å². The molecule has 8 heteroatoms. The van der Waals surface area contributed by atoms with Gasteiger partial charge >= 0.3 is 0 Å². The van der Waals surface area contributed by atoms with Crippen molar-refractivity contribution in [1.29, 1.82) is 0 Å². The van der Waals surface area contributed by atoms with Crippen LogP contribution in [0.4, 0.5) is 0 Å². The average molecular weight is 413 g/mol. The second-order valence-corrected chi connectivity index (χ2v) is 9.70. The molecule has 27 heavy (non-hydrogen) atoms. The number of halogens is 1. The lowest BCUT2D eigenvalue weighted by atomic mass is 9.93. The first kappa shape index (κ1) is 23.5. The molecule has 2 amide bonds. The topological polar surface area (TPSA) is 87.8 Å². The number of carbonyl (C=O) groups excluding carboxylic acids is 2. The highest BCUT2D eigenvalue weighted by Crippen LogP contribution is 2.46. The van der Waals surface area contributed by atoms with Crippen molar-refractivity contribution in [3.63, 3.8) is 0 Å². The second kappa shape index (κ2) is 8.20. The first-order valence-corrected chi connectivity index (χ1v) is 9.43. The molecule has 0 spiro atoms. The number of rotatable bonds is 2. The summed E-state index contributed by atoms with van der Waals surface area (Å²) in [6, 6.07) is 9.56. The summed E-state index contributed by atoms with van der Waals surface area (Å²) in [7, 11) is 0. The third-order valence-corrected chi connectivity index (χ3v) is 5.33. The number of thioether (sulfide) groups is 1. The Labute approximate surface area is 171 Å². The standard InChI is InChI=1S/C19H28N4O2S.ClH/c1-17(2,3)14(24)21-16-22-23(15(25)18(4,5)6)19(12-20,26-16)13-10-8-7-9-11-13;/h7-11H,12,20H2,1-6H3,(H,21,22,24);1H. The summed E-state index contributed by atoms with van der Waals surface area (Å²) in [4.78, 5) is 24.6. The van der Waals surface area contributed by atoms with E-state index in [1.807, 2.05) is 71.9 Å². The minimum Gasteiger partial charge on any atom is -0.327 e. The van der Waals surface area contributed by atoms with E-state index in [1.165, 1.54) is 16.8 Å². The highest BCUT2D eigenvalue weighted by atomic mass is 35.5. The predicted molar refractivity (Wildman–Crippen MR) is 113 cm³/mol. The molecule has 0 saturated heterocycles. The van der Waals surface area contributed by atoms with Gasteiger partial charge in [0.15, 0.2) is 10.0 Å². The van der Waals surface area contributed by atoms with Crippen LogP contribution in [0, 0.1) is 10.8 Å². The highest BCUT2D eigenvalue weighted by molar-refractivity contribution is 8.14. The third kappa shape index (κ3) is 4.83. The number of hydrazone groups is 1. The van der Waals surface area contributed by atoms with Gasteiger partial charge < -0.3 is 11.1 Å². The molecule has 1 heterocycles. The van der Waals surface area contributed by atoms with Crippen molar-refractivity contribution in [2.75, 3.05) is 6.54 Å². The molecule has 0 bridgehead atoms. The Hall–Kier alpha value is -1.57. The molecule has 0 saturated carbocycles. The predicted octanol–water partition coefficient (Wildman–Crippen LogP) is 3.27. The van der Waals surface area contributed by atoms with Gasteiger partial charge in [-0.15, -0.1) is 17.5 Å². The number of benzene rings is 1. The molecule has 1 unspecified atom stereocenters. The zero-order chi connectivity index (χ0) is 19.8. The molecule has 1 aromatic carbocycles. The summed E-state index contributed by atoms with van der Waals surface area (Å²) in [5, 5.41) is 9.12. The van der Waals surface area contributed by atoms with Gasteiger partial charge in [-0.25, -0.2) is 5.01 Å². The highest BCUT2D eigenvalue weighted by Gasteiger charge is 2.50. The SMILES string of the molecule is CC(C)(C)C(=O)NC1=NN(C(=O)C(C)(C)C)C(CN)(c2ccccc2)S1.Cl. The number of hydrogen-bond acceptors (Lipinski definition) is 5. The molecule has 0 fully saturated rings. The number of nitrogens with one attached hydrogen (secondary N) is 1. The molecule has 0 aromatic heterocycles.